The highest BCUT2D eigenvalue weighted by Gasteiger charge is 2.15. The Morgan fingerprint density at radius 3 is 2.55 bits per heavy atom. The fourth-order valence-electron chi connectivity index (χ4n) is 4.58. The average Bonchev–Trinajstić information content (AvgIpc) is 2.92. The first-order chi connectivity index (χ1) is 18.4. The smallest absolute Gasteiger partial charge is 0.255 e. The monoisotopic (exact) mass is 507 g/mol. The number of carbonyl (C=O) groups is 1. The van der Waals surface area contributed by atoms with Crippen molar-refractivity contribution < 1.29 is 4.79 Å². The summed E-state index contributed by atoms with van der Waals surface area (Å²) in [6.07, 6.45) is 5.63. The van der Waals surface area contributed by atoms with Crippen LogP contribution in [0.25, 0.3) is 11.3 Å². The highest BCUT2D eigenvalue weighted by atomic mass is 16.1. The maximum atomic E-state index is 13.0. The van der Waals surface area contributed by atoms with Crippen molar-refractivity contribution in [1.82, 2.24) is 24.8 Å². The molecule has 1 saturated heterocycles. The number of hydrogen-bond acceptors (Lipinski definition) is 7. The lowest BCUT2D eigenvalue weighted by molar-refractivity contribution is 0.102. The standard InChI is InChI=1S/C30H33N7O/c1-21-3-8-27(16-24(21)17-29-33-10-9-28(35-29)25-15-26(31)19-32-18-25)34-30(38)23-6-4-22(5-7-23)20-37-13-11-36(2)12-14-37/h3-10,15-16,18-19H,11-14,17,20,31H2,1-2H3,(H,34,38). The largest absolute Gasteiger partial charge is 0.397 e. The number of nitrogens with two attached hydrogens (primary N) is 1. The van der Waals surface area contributed by atoms with Crippen molar-refractivity contribution in [2.45, 2.75) is 19.9 Å². The lowest BCUT2D eigenvalue weighted by atomic mass is 10.0. The molecule has 3 heterocycles. The normalized spacial score (nSPS) is 14.4. The number of hydrogen-bond donors (Lipinski definition) is 2. The molecule has 0 radical (unpaired) electrons. The zero-order valence-corrected chi connectivity index (χ0v) is 21.9. The number of carbonyl (C=O) groups excluding carboxylic acids is 1. The van der Waals surface area contributed by atoms with Crippen molar-refractivity contribution in [3.63, 3.8) is 0 Å². The van der Waals surface area contributed by atoms with E-state index in [2.05, 4.69) is 32.1 Å². The van der Waals surface area contributed by atoms with Crippen LogP contribution in [0.15, 0.2) is 73.2 Å². The Kier molecular flexibility index (Phi) is 7.72. The first-order valence-electron chi connectivity index (χ1n) is 12.9. The van der Waals surface area contributed by atoms with E-state index in [0.717, 1.165) is 60.8 Å². The first kappa shape index (κ1) is 25.5. The molecular weight excluding hydrogens is 474 g/mol. The van der Waals surface area contributed by atoms with Crippen LogP contribution in [0.5, 0.6) is 0 Å². The zero-order valence-electron chi connectivity index (χ0n) is 21.9. The third kappa shape index (κ3) is 6.40. The molecule has 2 aromatic carbocycles. The summed E-state index contributed by atoms with van der Waals surface area (Å²) < 4.78 is 0. The lowest BCUT2D eigenvalue weighted by Gasteiger charge is -2.32. The van der Waals surface area contributed by atoms with Gasteiger partial charge in [-0.3, -0.25) is 14.7 Å². The molecule has 0 unspecified atom stereocenters. The molecule has 1 fully saturated rings. The molecule has 0 aliphatic carbocycles. The number of aryl methyl sites for hydroxylation is 1. The van der Waals surface area contributed by atoms with E-state index in [0.29, 0.717) is 23.5 Å². The quantitative estimate of drug-likeness (QED) is 0.390. The number of rotatable bonds is 7. The van der Waals surface area contributed by atoms with Crippen molar-refractivity contribution in [3.05, 3.63) is 101 Å². The number of nitrogens with one attached hydrogen (secondary N) is 1. The topological polar surface area (TPSA) is 100 Å². The molecule has 1 amide bonds. The number of nitrogen functional groups attached to an aromatic ring is 1. The Hall–Kier alpha value is -4.14. The SMILES string of the molecule is Cc1ccc(NC(=O)c2ccc(CN3CCN(C)CC3)cc2)cc1Cc1nccc(-c2cncc(N)c2)n1. The van der Waals surface area contributed by atoms with Crippen LogP contribution in [0, 0.1) is 6.92 Å². The molecule has 2 aromatic heterocycles. The lowest BCUT2D eigenvalue weighted by Crippen LogP contribution is -2.43. The van der Waals surface area contributed by atoms with Gasteiger partial charge in [-0.05, 0) is 67.1 Å². The van der Waals surface area contributed by atoms with Crippen LogP contribution in [0.1, 0.15) is 32.9 Å². The van der Waals surface area contributed by atoms with E-state index in [1.165, 1.54) is 5.56 Å². The van der Waals surface area contributed by atoms with E-state index in [1.807, 2.05) is 61.5 Å². The third-order valence-corrected chi connectivity index (χ3v) is 6.93. The maximum absolute atomic E-state index is 13.0. The van der Waals surface area contributed by atoms with Crippen LogP contribution in [-0.2, 0) is 13.0 Å². The fraction of sp³-hybridized carbons (Fsp3) is 0.267. The molecule has 3 N–H and O–H groups in total. The van der Waals surface area contributed by atoms with Gasteiger partial charge in [0.05, 0.1) is 11.4 Å². The second-order valence-corrected chi connectivity index (χ2v) is 9.91. The summed E-state index contributed by atoms with van der Waals surface area (Å²) in [4.78, 5) is 31.1. The number of aromatic nitrogens is 3. The van der Waals surface area contributed by atoms with Gasteiger partial charge in [0.1, 0.15) is 5.82 Å². The van der Waals surface area contributed by atoms with Gasteiger partial charge in [0, 0.05) is 74.5 Å². The van der Waals surface area contributed by atoms with Gasteiger partial charge in [0.15, 0.2) is 0 Å². The highest BCUT2D eigenvalue weighted by Crippen LogP contribution is 2.21. The minimum atomic E-state index is -0.127. The summed E-state index contributed by atoms with van der Waals surface area (Å²) in [5, 5.41) is 3.04. The molecule has 8 heteroatoms. The number of pyridine rings is 1. The molecular formula is C30H33N7O. The van der Waals surface area contributed by atoms with E-state index >= 15 is 0 Å². The van der Waals surface area contributed by atoms with Crippen LogP contribution >= 0.6 is 0 Å². The number of likely N-dealkylation sites (N-methyl/N-ethyl adjacent to an activating group) is 1. The average molecular weight is 508 g/mol. The molecule has 0 saturated carbocycles. The predicted octanol–water partition coefficient (Wildman–Crippen LogP) is 4.02. The van der Waals surface area contributed by atoms with Crippen molar-refractivity contribution >= 4 is 17.3 Å². The van der Waals surface area contributed by atoms with E-state index in [1.54, 1.807) is 18.6 Å². The van der Waals surface area contributed by atoms with Crippen LogP contribution in [-0.4, -0.2) is 63.9 Å². The molecule has 0 bridgehead atoms. The van der Waals surface area contributed by atoms with Gasteiger partial charge < -0.3 is 16.0 Å². The van der Waals surface area contributed by atoms with Crippen molar-refractivity contribution in [2.24, 2.45) is 0 Å². The maximum Gasteiger partial charge on any atom is 0.255 e. The molecule has 1 aliphatic rings. The third-order valence-electron chi connectivity index (χ3n) is 6.93. The first-order valence-corrected chi connectivity index (χ1v) is 12.9. The van der Waals surface area contributed by atoms with Gasteiger partial charge >= 0.3 is 0 Å². The van der Waals surface area contributed by atoms with Crippen LogP contribution in [0.3, 0.4) is 0 Å². The van der Waals surface area contributed by atoms with E-state index in [9.17, 15) is 4.79 Å². The summed E-state index contributed by atoms with van der Waals surface area (Å²) in [7, 11) is 2.16. The van der Waals surface area contributed by atoms with Gasteiger partial charge in [0.25, 0.3) is 5.91 Å². The zero-order chi connectivity index (χ0) is 26.5. The van der Waals surface area contributed by atoms with Gasteiger partial charge in [-0.2, -0.15) is 0 Å². The van der Waals surface area contributed by atoms with Gasteiger partial charge in [-0.25, -0.2) is 9.97 Å². The van der Waals surface area contributed by atoms with Crippen molar-refractivity contribution in [1.29, 1.82) is 0 Å². The number of amides is 1. The fourth-order valence-corrected chi connectivity index (χ4v) is 4.58. The second kappa shape index (κ2) is 11.5. The number of anilines is 2. The molecule has 194 valence electrons. The number of piperazine rings is 1. The van der Waals surface area contributed by atoms with Gasteiger partial charge in [0.2, 0.25) is 0 Å². The molecule has 0 atom stereocenters. The van der Waals surface area contributed by atoms with E-state index in [4.69, 9.17) is 10.7 Å². The summed E-state index contributed by atoms with van der Waals surface area (Å²) in [6, 6.07) is 17.5. The van der Waals surface area contributed by atoms with Crippen LogP contribution in [0.4, 0.5) is 11.4 Å². The van der Waals surface area contributed by atoms with Crippen LogP contribution < -0.4 is 11.1 Å². The summed E-state index contributed by atoms with van der Waals surface area (Å²) in [6.45, 7) is 7.29. The highest BCUT2D eigenvalue weighted by molar-refractivity contribution is 6.04. The second-order valence-electron chi connectivity index (χ2n) is 9.91. The van der Waals surface area contributed by atoms with E-state index < -0.39 is 0 Å². The van der Waals surface area contributed by atoms with E-state index in [-0.39, 0.29) is 5.91 Å². The summed E-state index contributed by atoms with van der Waals surface area (Å²) in [5.41, 5.74) is 12.9. The molecule has 8 nitrogen and oxygen atoms in total. The summed E-state index contributed by atoms with van der Waals surface area (Å²) in [5.74, 6) is 0.561. The molecule has 0 spiro atoms. The Morgan fingerprint density at radius 2 is 1.79 bits per heavy atom. The Bertz CT molecular complexity index is 1410. The van der Waals surface area contributed by atoms with Crippen LogP contribution in [0.2, 0.25) is 0 Å². The summed E-state index contributed by atoms with van der Waals surface area (Å²) >= 11 is 0. The Balaban J connectivity index is 1.24. The van der Waals surface area contributed by atoms with Gasteiger partial charge in [-0.1, -0.05) is 18.2 Å². The molecule has 5 rings (SSSR count). The molecule has 4 aromatic rings. The minimum absolute atomic E-state index is 0.127. The Morgan fingerprint density at radius 1 is 1.00 bits per heavy atom. The molecule has 38 heavy (non-hydrogen) atoms. The predicted molar refractivity (Wildman–Crippen MR) is 151 cm³/mol. The van der Waals surface area contributed by atoms with Crippen molar-refractivity contribution in [2.75, 3.05) is 44.3 Å². The minimum Gasteiger partial charge on any atom is -0.397 e. The van der Waals surface area contributed by atoms with Crippen molar-refractivity contribution in [3.8, 4) is 11.3 Å². The molecule has 1 aliphatic heterocycles. The Labute approximate surface area is 223 Å². The number of benzene rings is 2. The number of nitrogens with zero attached hydrogens (tertiary/aromatic N) is 5. The van der Waals surface area contributed by atoms with Gasteiger partial charge in [-0.15, -0.1) is 0 Å².